The maximum absolute atomic E-state index is 11.4. The Hall–Kier alpha value is -0.610. The Bertz CT molecular complexity index is 177. The van der Waals surface area contributed by atoms with E-state index in [-0.39, 0.29) is 25.5 Å². The monoisotopic (exact) mass is 217 g/mol. The zero-order chi connectivity index (χ0) is 11.7. The molecule has 0 aromatic carbocycles. The Morgan fingerprint density at radius 2 is 1.80 bits per heavy atom. The molecule has 3 N–H and O–H groups in total. The van der Waals surface area contributed by atoms with Gasteiger partial charge in [0.05, 0.1) is 18.6 Å². The van der Waals surface area contributed by atoms with Gasteiger partial charge in [0.25, 0.3) is 0 Å². The minimum atomic E-state index is -0.872. The molecule has 0 spiro atoms. The summed E-state index contributed by atoms with van der Waals surface area (Å²) in [5.74, 6) is -0.187. The zero-order valence-corrected chi connectivity index (χ0v) is 9.75. The summed E-state index contributed by atoms with van der Waals surface area (Å²) in [6.45, 7) is 4.18. The molecular formula is C11H23NO3. The van der Waals surface area contributed by atoms with E-state index in [2.05, 4.69) is 5.32 Å². The molecular weight excluding hydrogens is 194 g/mol. The fraction of sp³-hybridized carbons (Fsp3) is 0.909. The number of carbonyl (C=O) groups excluding carboxylic acids is 1. The largest absolute Gasteiger partial charge is 0.395 e. The highest BCUT2D eigenvalue weighted by atomic mass is 16.3. The molecule has 0 fully saturated rings. The number of hydrogen-bond acceptors (Lipinski definition) is 3. The highest BCUT2D eigenvalue weighted by Crippen LogP contribution is 2.23. The second kappa shape index (κ2) is 7.65. The van der Waals surface area contributed by atoms with Gasteiger partial charge in [-0.2, -0.15) is 0 Å². The van der Waals surface area contributed by atoms with Crippen LogP contribution in [0.3, 0.4) is 0 Å². The molecule has 0 aliphatic rings. The molecule has 1 amide bonds. The molecule has 4 nitrogen and oxygen atoms in total. The molecule has 0 aliphatic carbocycles. The van der Waals surface area contributed by atoms with Crippen LogP contribution in [0.4, 0.5) is 0 Å². The summed E-state index contributed by atoms with van der Waals surface area (Å²) in [5, 5.41) is 21.3. The number of aliphatic hydroxyl groups is 2. The third kappa shape index (κ3) is 6.47. The van der Waals surface area contributed by atoms with Crippen molar-refractivity contribution >= 4 is 5.91 Å². The van der Waals surface area contributed by atoms with Crippen LogP contribution < -0.4 is 5.32 Å². The SMILES string of the molecule is CCCC(O)(CCC)CC(=O)NCCO. The quantitative estimate of drug-likeness (QED) is 0.563. The molecule has 0 aromatic rings. The van der Waals surface area contributed by atoms with Crippen LogP contribution in [0.5, 0.6) is 0 Å². The molecule has 4 heteroatoms. The third-order valence-electron chi connectivity index (χ3n) is 2.35. The number of rotatable bonds is 8. The summed E-state index contributed by atoms with van der Waals surface area (Å²) in [7, 11) is 0. The van der Waals surface area contributed by atoms with E-state index in [1.54, 1.807) is 0 Å². The van der Waals surface area contributed by atoms with Crippen LogP contribution in [0, 0.1) is 0 Å². The first-order valence-corrected chi connectivity index (χ1v) is 5.68. The Morgan fingerprint density at radius 1 is 1.27 bits per heavy atom. The van der Waals surface area contributed by atoms with Crippen molar-refractivity contribution in [3.8, 4) is 0 Å². The molecule has 0 atom stereocenters. The van der Waals surface area contributed by atoms with Gasteiger partial charge >= 0.3 is 0 Å². The van der Waals surface area contributed by atoms with E-state index < -0.39 is 5.60 Å². The highest BCUT2D eigenvalue weighted by Gasteiger charge is 2.27. The predicted molar refractivity (Wildman–Crippen MR) is 59.5 cm³/mol. The molecule has 0 saturated carbocycles. The second-order valence-corrected chi connectivity index (χ2v) is 3.97. The van der Waals surface area contributed by atoms with Gasteiger partial charge in [-0.05, 0) is 12.8 Å². The summed E-state index contributed by atoms with van der Waals surface area (Å²) in [5.41, 5.74) is -0.872. The number of amides is 1. The number of aliphatic hydroxyl groups excluding tert-OH is 1. The lowest BCUT2D eigenvalue weighted by atomic mass is 9.89. The van der Waals surface area contributed by atoms with Gasteiger partial charge in [-0.1, -0.05) is 26.7 Å². The van der Waals surface area contributed by atoms with Crippen molar-refractivity contribution in [2.75, 3.05) is 13.2 Å². The maximum Gasteiger partial charge on any atom is 0.222 e. The van der Waals surface area contributed by atoms with E-state index in [1.165, 1.54) is 0 Å². The standard InChI is InChI=1S/C11H23NO3/c1-3-5-11(15,6-4-2)9-10(14)12-7-8-13/h13,15H,3-9H2,1-2H3,(H,12,14). The number of nitrogens with one attached hydrogen (secondary N) is 1. The minimum Gasteiger partial charge on any atom is -0.395 e. The molecule has 0 bridgehead atoms. The van der Waals surface area contributed by atoms with E-state index in [0.717, 1.165) is 12.8 Å². The molecule has 15 heavy (non-hydrogen) atoms. The van der Waals surface area contributed by atoms with Crippen molar-refractivity contribution in [3.05, 3.63) is 0 Å². The fourth-order valence-electron chi connectivity index (χ4n) is 1.79. The van der Waals surface area contributed by atoms with Crippen molar-refractivity contribution in [1.29, 1.82) is 0 Å². The smallest absolute Gasteiger partial charge is 0.222 e. The summed E-state index contributed by atoms with van der Waals surface area (Å²) >= 11 is 0. The van der Waals surface area contributed by atoms with Crippen LogP contribution in [-0.2, 0) is 4.79 Å². The van der Waals surface area contributed by atoms with E-state index in [4.69, 9.17) is 5.11 Å². The van der Waals surface area contributed by atoms with E-state index >= 15 is 0 Å². The fourth-order valence-corrected chi connectivity index (χ4v) is 1.79. The summed E-state index contributed by atoms with van der Waals surface area (Å²) in [4.78, 5) is 11.4. The average molecular weight is 217 g/mol. The van der Waals surface area contributed by atoms with Crippen molar-refractivity contribution in [2.45, 2.75) is 51.6 Å². The van der Waals surface area contributed by atoms with Crippen molar-refractivity contribution in [1.82, 2.24) is 5.32 Å². The lowest BCUT2D eigenvalue weighted by Crippen LogP contribution is -2.37. The van der Waals surface area contributed by atoms with E-state index in [9.17, 15) is 9.90 Å². The molecule has 0 unspecified atom stereocenters. The van der Waals surface area contributed by atoms with Gasteiger partial charge in [-0.3, -0.25) is 4.79 Å². The van der Waals surface area contributed by atoms with E-state index in [0.29, 0.717) is 12.8 Å². The van der Waals surface area contributed by atoms with Crippen LogP contribution in [0.25, 0.3) is 0 Å². The molecule has 0 heterocycles. The average Bonchev–Trinajstić information content (AvgIpc) is 2.15. The first-order valence-electron chi connectivity index (χ1n) is 5.68. The summed E-state index contributed by atoms with van der Waals surface area (Å²) < 4.78 is 0. The van der Waals surface area contributed by atoms with Crippen molar-refractivity contribution in [3.63, 3.8) is 0 Å². The van der Waals surface area contributed by atoms with Crippen LogP contribution in [-0.4, -0.2) is 34.9 Å². The number of hydrogen-bond donors (Lipinski definition) is 3. The Kier molecular flexibility index (Phi) is 7.34. The Labute approximate surface area is 91.7 Å². The normalized spacial score (nSPS) is 11.5. The van der Waals surface area contributed by atoms with Gasteiger partial charge in [0.2, 0.25) is 5.91 Å². The lowest BCUT2D eigenvalue weighted by Gasteiger charge is -2.26. The molecule has 0 saturated heterocycles. The summed E-state index contributed by atoms with van der Waals surface area (Å²) in [6.07, 6.45) is 3.16. The second-order valence-electron chi connectivity index (χ2n) is 3.97. The van der Waals surface area contributed by atoms with Gasteiger partial charge in [0.15, 0.2) is 0 Å². The first kappa shape index (κ1) is 14.4. The molecule has 0 rings (SSSR count). The van der Waals surface area contributed by atoms with Gasteiger partial charge in [0.1, 0.15) is 0 Å². The highest BCUT2D eigenvalue weighted by molar-refractivity contribution is 5.76. The summed E-state index contributed by atoms with van der Waals surface area (Å²) in [6, 6.07) is 0. The van der Waals surface area contributed by atoms with Gasteiger partial charge in [-0.25, -0.2) is 0 Å². The molecule has 0 radical (unpaired) electrons. The van der Waals surface area contributed by atoms with Crippen LogP contribution in [0.2, 0.25) is 0 Å². The van der Waals surface area contributed by atoms with Crippen molar-refractivity contribution in [2.24, 2.45) is 0 Å². The van der Waals surface area contributed by atoms with Gasteiger partial charge in [0, 0.05) is 6.54 Å². The topological polar surface area (TPSA) is 69.6 Å². The Morgan fingerprint density at radius 3 is 2.20 bits per heavy atom. The van der Waals surface area contributed by atoms with Crippen LogP contribution >= 0.6 is 0 Å². The van der Waals surface area contributed by atoms with Crippen molar-refractivity contribution < 1.29 is 15.0 Å². The van der Waals surface area contributed by atoms with Crippen LogP contribution in [0.15, 0.2) is 0 Å². The molecule has 0 aliphatic heterocycles. The maximum atomic E-state index is 11.4. The Balaban J connectivity index is 4.08. The first-order chi connectivity index (χ1) is 7.08. The zero-order valence-electron chi connectivity index (χ0n) is 9.75. The van der Waals surface area contributed by atoms with Crippen LogP contribution in [0.1, 0.15) is 46.0 Å². The molecule has 90 valence electrons. The van der Waals surface area contributed by atoms with Gasteiger partial charge in [-0.15, -0.1) is 0 Å². The van der Waals surface area contributed by atoms with Gasteiger partial charge < -0.3 is 15.5 Å². The predicted octanol–water partition coefficient (Wildman–Crippen LogP) is 0.816. The lowest BCUT2D eigenvalue weighted by molar-refractivity contribution is -0.126. The van der Waals surface area contributed by atoms with E-state index in [1.807, 2.05) is 13.8 Å². The number of carbonyl (C=O) groups is 1. The minimum absolute atomic E-state index is 0.0638. The third-order valence-corrected chi connectivity index (χ3v) is 2.35. The molecule has 0 aromatic heterocycles.